The number of aromatic nitrogens is 2. The van der Waals surface area contributed by atoms with E-state index in [9.17, 15) is 4.39 Å². The maximum atomic E-state index is 14.5. The third kappa shape index (κ3) is 5.97. The molecule has 6 heteroatoms. The summed E-state index contributed by atoms with van der Waals surface area (Å²) in [5.41, 5.74) is 1.24. The third-order valence-corrected chi connectivity index (χ3v) is 10.3. The van der Waals surface area contributed by atoms with E-state index in [1.807, 2.05) is 32.0 Å². The normalized spacial score (nSPS) is 19.6. The topological polar surface area (TPSA) is 44.2 Å². The van der Waals surface area contributed by atoms with Crippen LogP contribution in [0, 0.1) is 31.0 Å². The van der Waals surface area contributed by atoms with Crippen LogP contribution in [0.4, 0.5) is 4.39 Å². The summed E-state index contributed by atoms with van der Waals surface area (Å²) in [4.78, 5) is 8.80. The number of rotatable bonds is 9. The highest BCUT2D eigenvalue weighted by Crippen LogP contribution is 2.59. The lowest BCUT2D eigenvalue weighted by atomic mass is 9.82. The van der Waals surface area contributed by atoms with Gasteiger partial charge in [-0.1, -0.05) is 93.6 Å². The highest BCUT2D eigenvalue weighted by molar-refractivity contribution is 6.80. The minimum atomic E-state index is -2.01. The first-order valence-corrected chi connectivity index (χ1v) is 15.2. The molecule has 0 N–H and O–H groups in total. The summed E-state index contributed by atoms with van der Waals surface area (Å²) in [6.07, 6.45) is 2.53. The zero-order chi connectivity index (χ0) is 27.6. The third-order valence-electron chi connectivity index (χ3n) is 7.78. The smallest absolute Gasteiger partial charge is 0.240 e. The van der Waals surface area contributed by atoms with Gasteiger partial charge in [-0.3, -0.25) is 0 Å². The van der Waals surface area contributed by atoms with E-state index in [2.05, 4.69) is 79.3 Å². The Kier molecular flexibility index (Phi) is 7.70. The lowest BCUT2D eigenvalue weighted by molar-refractivity contribution is 0.0575. The monoisotopic (exact) mass is 540 g/mol. The zero-order valence-electron chi connectivity index (χ0n) is 23.4. The Labute approximate surface area is 233 Å². The van der Waals surface area contributed by atoms with E-state index in [1.54, 1.807) is 18.3 Å². The van der Waals surface area contributed by atoms with Gasteiger partial charge in [-0.15, -0.1) is 0 Å². The van der Waals surface area contributed by atoms with E-state index < -0.39 is 9.04 Å². The van der Waals surface area contributed by atoms with Gasteiger partial charge in [0.1, 0.15) is 11.6 Å². The fourth-order valence-corrected chi connectivity index (χ4v) is 8.42. The Morgan fingerprint density at radius 1 is 0.949 bits per heavy atom. The second-order valence-electron chi connectivity index (χ2n) is 11.8. The molecule has 0 aliphatic heterocycles. The minimum Gasteiger partial charge on any atom is -0.489 e. The Morgan fingerprint density at radius 2 is 1.59 bits per heavy atom. The largest absolute Gasteiger partial charge is 0.489 e. The molecule has 3 aromatic carbocycles. The van der Waals surface area contributed by atoms with Gasteiger partial charge in [-0.25, -0.2) is 14.4 Å². The number of halogens is 1. The number of aryl methyl sites for hydroxylation is 2. The van der Waals surface area contributed by atoms with E-state index in [4.69, 9.17) is 9.16 Å². The summed E-state index contributed by atoms with van der Waals surface area (Å²) in [5, 5.41) is 2.50. The summed E-state index contributed by atoms with van der Waals surface area (Å²) < 4.78 is 28.2. The summed E-state index contributed by atoms with van der Waals surface area (Å²) in [5.74, 6) is 1.30. The highest BCUT2D eigenvalue weighted by Gasteiger charge is 2.62. The van der Waals surface area contributed by atoms with E-state index >= 15 is 0 Å². The standard InChI is InChI=1S/C33H37FN2O2Si/c1-23-30(21-35-24(2)36-23)37-22-33(25-13-12-14-26(34)19-25)20-29(33)31(32(3,4)5)38-39(27-15-8-6-9-16-27)28-17-10-7-11-18-28/h6-19,21,29,31,39H,20,22H2,1-5H3/t29-,31?,33+/m0/s1. The van der Waals surface area contributed by atoms with Crippen LogP contribution in [0.25, 0.3) is 0 Å². The van der Waals surface area contributed by atoms with Gasteiger partial charge in [0.25, 0.3) is 0 Å². The molecule has 1 saturated carbocycles. The van der Waals surface area contributed by atoms with E-state index in [1.165, 1.54) is 16.4 Å². The van der Waals surface area contributed by atoms with Crippen LogP contribution in [0.5, 0.6) is 5.75 Å². The molecular weight excluding hydrogens is 503 g/mol. The summed E-state index contributed by atoms with van der Waals surface area (Å²) in [6, 6.07) is 28.1. The molecule has 3 atom stereocenters. The minimum absolute atomic E-state index is 0.0585. The Morgan fingerprint density at radius 3 is 2.15 bits per heavy atom. The average molecular weight is 541 g/mol. The molecule has 1 aromatic heterocycles. The summed E-state index contributed by atoms with van der Waals surface area (Å²) in [7, 11) is -2.01. The van der Waals surface area contributed by atoms with Gasteiger partial charge in [-0.05, 0) is 59.7 Å². The van der Waals surface area contributed by atoms with Crippen molar-refractivity contribution in [3.8, 4) is 5.75 Å². The maximum Gasteiger partial charge on any atom is 0.240 e. The van der Waals surface area contributed by atoms with Gasteiger partial charge >= 0.3 is 0 Å². The molecule has 0 bridgehead atoms. The van der Waals surface area contributed by atoms with Gasteiger partial charge in [0, 0.05) is 5.41 Å². The van der Waals surface area contributed by atoms with Crippen LogP contribution in [0.15, 0.2) is 91.1 Å². The van der Waals surface area contributed by atoms with Gasteiger partial charge < -0.3 is 9.16 Å². The van der Waals surface area contributed by atoms with Crippen molar-refractivity contribution in [1.82, 2.24) is 9.97 Å². The van der Waals surface area contributed by atoms with Gasteiger partial charge in [0.05, 0.1) is 24.6 Å². The van der Waals surface area contributed by atoms with Crippen LogP contribution in [0.3, 0.4) is 0 Å². The maximum absolute atomic E-state index is 14.5. The molecule has 0 spiro atoms. The SMILES string of the molecule is Cc1ncc(OC[C@@]2(c3cccc(F)c3)C[C@H]2C(O[SiH](c2ccccc2)c2ccccc2)C(C)(C)C)c(C)n1. The number of ether oxygens (including phenoxy) is 1. The molecule has 39 heavy (non-hydrogen) atoms. The number of benzene rings is 3. The molecule has 1 fully saturated rings. The first kappa shape index (κ1) is 27.2. The Balaban J connectivity index is 1.51. The fourth-order valence-electron chi connectivity index (χ4n) is 5.68. The highest BCUT2D eigenvalue weighted by atomic mass is 28.3. The molecule has 0 amide bonds. The lowest BCUT2D eigenvalue weighted by Gasteiger charge is -2.36. The van der Waals surface area contributed by atoms with E-state index in [-0.39, 0.29) is 28.7 Å². The van der Waals surface area contributed by atoms with E-state index in [0.29, 0.717) is 18.2 Å². The Hall–Kier alpha value is -3.35. The van der Waals surface area contributed by atoms with Crippen molar-refractivity contribution in [2.75, 3.05) is 6.61 Å². The molecule has 1 heterocycles. The molecule has 0 saturated heterocycles. The van der Waals surface area contributed by atoms with Crippen LogP contribution < -0.4 is 15.1 Å². The van der Waals surface area contributed by atoms with Crippen molar-refractivity contribution in [2.24, 2.45) is 11.3 Å². The zero-order valence-corrected chi connectivity index (χ0v) is 24.6. The summed E-state index contributed by atoms with van der Waals surface area (Å²) in [6.45, 7) is 10.9. The van der Waals surface area contributed by atoms with Crippen LogP contribution in [0.2, 0.25) is 0 Å². The quantitative estimate of drug-likeness (QED) is 0.262. The second-order valence-corrected chi connectivity index (χ2v) is 14.1. The fraction of sp³-hybridized carbons (Fsp3) is 0.333. The second kappa shape index (κ2) is 11.0. The molecule has 0 radical (unpaired) electrons. The molecule has 1 unspecified atom stereocenters. The molecule has 202 valence electrons. The Bertz CT molecular complexity index is 1370. The first-order valence-electron chi connectivity index (χ1n) is 13.6. The summed E-state index contributed by atoms with van der Waals surface area (Å²) >= 11 is 0. The van der Waals surface area contributed by atoms with Crippen LogP contribution in [0.1, 0.15) is 44.3 Å². The number of hydrogen-bond donors (Lipinski definition) is 0. The van der Waals surface area contributed by atoms with Crippen LogP contribution in [-0.4, -0.2) is 31.7 Å². The van der Waals surface area contributed by atoms with Crippen molar-refractivity contribution in [2.45, 2.75) is 52.6 Å². The van der Waals surface area contributed by atoms with Crippen molar-refractivity contribution in [1.29, 1.82) is 0 Å². The van der Waals surface area contributed by atoms with Gasteiger partial charge in [0.15, 0.2) is 5.75 Å². The predicted octanol–water partition coefficient (Wildman–Crippen LogP) is 5.54. The molecule has 5 rings (SSSR count). The number of hydrogen-bond acceptors (Lipinski definition) is 4. The van der Waals surface area contributed by atoms with Crippen LogP contribution >= 0.6 is 0 Å². The molecule has 1 aliphatic carbocycles. The predicted molar refractivity (Wildman–Crippen MR) is 157 cm³/mol. The van der Waals surface area contributed by atoms with Crippen molar-refractivity contribution in [3.05, 3.63) is 114 Å². The van der Waals surface area contributed by atoms with Crippen molar-refractivity contribution >= 4 is 19.4 Å². The van der Waals surface area contributed by atoms with Crippen molar-refractivity contribution < 1.29 is 13.6 Å². The van der Waals surface area contributed by atoms with Gasteiger partial charge in [0.2, 0.25) is 9.04 Å². The first-order chi connectivity index (χ1) is 18.7. The molecule has 4 aromatic rings. The van der Waals surface area contributed by atoms with Crippen molar-refractivity contribution in [3.63, 3.8) is 0 Å². The number of nitrogens with zero attached hydrogens (tertiary/aromatic N) is 2. The van der Waals surface area contributed by atoms with Crippen LogP contribution in [-0.2, 0) is 9.84 Å². The molecule has 1 aliphatic rings. The van der Waals surface area contributed by atoms with Gasteiger partial charge in [-0.2, -0.15) is 0 Å². The molecule has 4 nitrogen and oxygen atoms in total. The van der Waals surface area contributed by atoms with E-state index in [0.717, 1.165) is 17.7 Å². The average Bonchev–Trinajstić information content (AvgIpc) is 3.64. The molecular formula is C33H37FN2O2Si. The lowest BCUT2D eigenvalue weighted by Crippen LogP contribution is -2.51.